The van der Waals surface area contributed by atoms with E-state index < -0.39 is 5.97 Å². The Balaban J connectivity index is 1.48. The molecule has 5 heteroatoms. The van der Waals surface area contributed by atoms with Gasteiger partial charge in [0, 0.05) is 30.5 Å². The molecule has 1 N–H and O–H groups in total. The van der Waals surface area contributed by atoms with Gasteiger partial charge < -0.3 is 19.5 Å². The average molecular weight is 422 g/mol. The Labute approximate surface area is 184 Å². The highest BCUT2D eigenvalue weighted by Crippen LogP contribution is 2.38. The van der Waals surface area contributed by atoms with Gasteiger partial charge in [-0.05, 0) is 72.7 Å². The molecule has 0 amide bonds. The highest BCUT2D eigenvalue weighted by atomic mass is 16.5. The quantitative estimate of drug-likeness (QED) is 0.550. The van der Waals surface area contributed by atoms with E-state index in [4.69, 9.17) is 9.47 Å². The number of hydrogen-bond acceptors (Lipinski definition) is 4. The summed E-state index contributed by atoms with van der Waals surface area (Å²) < 4.78 is 11.3. The molecular formula is C26H31NO4. The largest absolute Gasteiger partial charge is 0.491 e. The molecule has 5 nitrogen and oxygen atoms in total. The molecule has 0 aliphatic carbocycles. The van der Waals surface area contributed by atoms with E-state index in [0.717, 1.165) is 67.0 Å². The normalized spacial score (nSPS) is 17.5. The van der Waals surface area contributed by atoms with Gasteiger partial charge in [-0.25, -0.2) is 4.79 Å². The van der Waals surface area contributed by atoms with Crippen molar-refractivity contribution in [3.63, 3.8) is 0 Å². The second-order valence-corrected chi connectivity index (χ2v) is 8.28. The highest BCUT2D eigenvalue weighted by molar-refractivity contribution is 5.95. The second-order valence-electron chi connectivity index (χ2n) is 8.28. The van der Waals surface area contributed by atoms with Gasteiger partial charge in [0.2, 0.25) is 0 Å². The number of unbranched alkanes of at least 4 members (excludes halogenated alkanes) is 1. The summed E-state index contributed by atoms with van der Waals surface area (Å²) in [4.78, 5) is 14.1. The summed E-state index contributed by atoms with van der Waals surface area (Å²) >= 11 is 0. The number of ether oxygens (including phenoxy) is 2. The van der Waals surface area contributed by atoms with E-state index in [1.807, 2.05) is 30.3 Å². The first kappa shape index (κ1) is 21.4. The monoisotopic (exact) mass is 421 g/mol. The predicted molar refractivity (Wildman–Crippen MR) is 124 cm³/mol. The van der Waals surface area contributed by atoms with Crippen molar-refractivity contribution in [3.05, 3.63) is 53.6 Å². The number of nitrogens with zero attached hydrogens (tertiary/aromatic N) is 1. The molecule has 1 fully saturated rings. The molecule has 4 rings (SSSR count). The van der Waals surface area contributed by atoms with Gasteiger partial charge in [0.25, 0.3) is 0 Å². The Morgan fingerprint density at radius 3 is 2.68 bits per heavy atom. The van der Waals surface area contributed by atoms with Crippen LogP contribution in [0.2, 0.25) is 0 Å². The molecule has 0 aromatic heterocycles. The van der Waals surface area contributed by atoms with Gasteiger partial charge in [0.05, 0.1) is 6.61 Å². The number of hydrogen-bond donors (Lipinski definition) is 1. The third-order valence-electron chi connectivity index (χ3n) is 6.10. The zero-order valence-corrected chi connectivity index (χ0v) is 18.2. The first-order chi connectivity index (χ1) is 15.2. The van der Waals surface area contributed by atoms with Crippen LogP contribution >= 0.6 is 0 Å². The molecule has 2 heterocycles. The Kier molecular flexibility index (Phi) is 6.92. The molecule has 0 bridgehead atoms. The molecule has 2 aromatic carbocycles. The number of carboxylic acid groups (broad SMARTS) is 1. The van der Waals surface area contributed by atoms with Crippen LogP contribution < -0.4 is 9.64 Å². The fraction of sp³-hybridized carbons (Fsp3) is 0.423. The number of carboxylic acids is 1. The van der Waals surface area contributed by atoms with Crippen LogP contribution in [0.3, 0.4) is 0 Å². The maximum absolute atomic E-state index is 11.7. The zero-order valence-electron chi connectivity index (χ0n) is 18.2. The van der Waals surface area contributed by atoms with Crippen LogP contribution in [0, 0.1) is 0 Å². The van der Waals surface area contributed by atoms with Crippen LogP contribution in [0.5, 0.6) is 5.75 Å². The minimum Gasteiger partial charge on any atom is -0.491 e. The van der Waals surface area contributed by atoms with Crippen LogP contribution in [0.15, 0.2) is 48.0 Å². The smallest absolute Gasteiger partial charge is 0.331 e. The summed E-state index contributed by atoms with van der Waals surface area (Å²) in [6.45, 7) is 5.07. The van der Waals surface area contributed by atoms with Crippen molar-refractivity contribution in [1.29, 1.82) is 0 Å². The van der Waals surface area contributed by atoms with Crippen LogP contribution in [0.1, 0.15) is 44.6 Å². The first-order valence-electron chi connectivity index (χ1n) is 11.3. The lowest BCUT2D eigenvalue weighted by molar-refractivity contribution is -0.132. The van der Waals surface area contributed by atoms with Gasteiger partial charge in [0.1, 0.15) is 12.4 Å². The number of anilines is 1. The summed E-state index contributed by atoms with van der Waals surface area (Å²) in [5, 5.41) is 9.65. The van der Waals surface area contributed by atoms with Gasteiger partial charge in [-0.1, -0.05) is 31.5 Å². The second kappa shape index (κ2) is 10.0. The molecule has 1 saturated heterocycles. The molecule has 1 unspecified atom stereocenters. The molecule has 164 valence electrons. The molecule has 31 heavy (non-hydrogen) atoms. The fourth-order valence-electron chi connectivity index (χ4n) is 4.44. The third kappa shape index (κ3) is 5.10. The Morgan fingerprint density at radius 1 is 1.10 bits per heavy atom. The van der Waals surface area contributed by atoms with Gasteiger partial charge in [0.15, 0.2) is 0 Å². The number of fused-ring (bicyclic) bond motifs is 3. The molecule has 0 spiro atoms. The molecule has 2 aliphatic heterocycles. The highest BCUT2D eigenvalue weighted by Gasteiger charge is 2.31. The zero-order chi connectivity index (χ0) is 21.6. The van der Waals surface area contributed by atoms with E-state index in [9.17, 15) is 9.90 Å². The topological polar surface area (TPSA) is 59.0 Å². The number of carbonyl (C=O) groups is 1. The molecule has 0 saturated carbocycles. The average Bonchev–Trinajstić information content (AvgIpc) is 3.18. The van der Waals surface area contributed by atoms with Crippen LogP contribution in [0.25, 0.3) is 17.2 Å². The summed E-state index contributed by atoms with van der Waals surface area (Å²) in [5.41, 5.74) is 4.79. The minimum atomic E-state index is -0.815. The number of rotatable bonds is 9. The molecule has 1 atom stereocenters. The van der Waals surface area contributed by atoms with Crippen molar-refractivity contribution in [3.8, 4) is 16.9 Å². The van der Waals surface area contributed by atoms with Crippen LogP contribution in [-0.2, 0) is 9.53 Å². The lowest BCUT2D eigenvalue weighted by atomic mass is 10.00. The van der Waals surface area contributed by atoms with E-state index >= 15 is 0 Å². The Morgan fingerprint density at radius 2 is 1.90 bits per heavy atom. The maximum atomic E-state index is 11.7. The van der Waals surface area contributed by atoms with Crippen LogP contribution in [-0.4, -0.2) is 43.5 Å². The Hall–Kier alpha value is -2.79. The van der Waals surface area contributed by atoms with Crippen molar-refractivity contribution in [2.24, 2.45) is 0 Å². The van der Waals surface area contributed by atoms with E-state index in [1.54, 1.807) is 0 Å². The third-order valence-corrected chi connectivity index (χ3v) is 6.10. The first-order valence-corrected chi connectivity index (χ1v) is 11.3. The van der Waals surface area contributed by atoms with Crippen molar-refractivity contribution >= 4 is 17.7 Å². The lowest BCUT2D eigenvalue weighted by Gasteiger charge is -2.26. The maximum Gasteiger partial charge on any atom is 0.331 e. The van der Waals surface area contributed by atoms with Gasteiger partial charge in [-0.15, -0.1) is 0 Å². The molecule has 2 aliphatic rings. The number of aliphatic carboxylic acids is 1. The van der Waals surface area contributed by atoms with E-state index in [1.165, 1.54) is 0 Å². The SMILES string of the molecule is CCCCOCCOc1ccc(-c2ccc3c(c2)C=C(C(=O)O)CC2CCCN32)cc1. The summed E-state index contributed by atoms with van der Waals surface area (Å²) in [6.07, 6.45) is 6.85. The van der Waals surface area contributed by atoms with Crippen molar-refractivity contribution in [1.82, 2.24) is 0 Å². The van der Waals surface area contributed by atoms with Gasteiger partial charge in [-0.3, -0.25) is 0 Å². The summed E-state index contributed by atoms with van der Waals surface area (Å²) in [7, 11) is 0. The van der Waals surface area contributed by atoms with Crippen LogP contribution in [0.4, 0.5) is 5.69 Å². The van der Waals surface area contributed by atoms with Gasteiger partial charge in [-0.2, -0.15) is 0 Å². The van der Waals surface area contributed by atoms with Crippen molar-refractivity contribution < 1.29 is 19.4 Å². The van der Waals surface area contributed by atoms with Crippen molar-refractivity contribution in [2.45, 2.75) is 45.1 Å². The van der Waals surface area contributed by atoms with E-state index in [-0.39, 0.29) is 6.04 Å². The number of benzene rings is 2. The predicted octanol–water partition coefficient (Wildman–Crippen LogP) is 5.39. The lowest BCUT2D eigenvalue weighted by Crippen LogP contribution is -2.29. The van der Waals surface area contributed by atoms with E-state index in [2.05, 4.69) is 30.0 Å². The standard InChI is InChI=1S/C26H31NO4/c1-2-3-13-30-14-15-31-24-9-6-19(7-10-24)20-8-11-25-21(16-20)17-22(26(28)29)18-23-5-4-12-27(23)25/h6-11,16-17,23H,2-5,12-15,18H2,1H3,(H,28,29). The summed E-state index contributed by atoms with van der Waals surface area (Å²) in [5.74, 6) is 0.0100. The van der Waals surface area contributed by atoms with Gasteiger partial charge >= 0.3 is 5.97 Å². The fourth-order valence-corrected chi connectivity index (χ4v) is 4.44. The minimum absolute atomic E-state index is 0.289. The van der Waals surface area contributed by atoms with Crippen molar-refractivity contribution in [2.75, 3.05) is 31.3 Å². The molecular weight excluding hydrogens is 390 g/mol. The summed E-state index contributed by atoms with van der Waals surface area (Å²) in [6, 6.07) is 14.7. The molecule has 0 radical (unpaired) electrons. The van der Waals surface area contributed by atoms with E-state index in [0.29, 0.717) is 25.2 Å². The Bertz CT molecular complexity index is 935. The molecule has 2 aromatic rings.